The molecule has 2 saturated heterocycles. The topological polar surface area (TPSA) is 63.0 Å². The number of carbonyl (C=O) groups is 2. The molecule has 2 amide bonds. The highest BCUT2D eigenvalue weighted by Crippen LogP contribution is 2.47. The van der Waals surface area contributed by atoms with Crippen LogP contribution in [0.2, 0.25) is 0 Å². The lowest BCUT2D eigenvalue weighted by Crippen LogP contribution is -2.37. The van der Waals surface area contributed by atoms with Crippen molar-refractivity contribution in [2.45, 2.75) is 12.1 Å². The van der Waals surface area contributed by atoms with Gasteiger partial charge in [0, 0.05) is 0 Å². The SMILES string of the molecule is O=C1[C@@H]2[C@@H](c3ccco3)N(c3ccccc3)O[C@H]2C(=O)N1c1ccccc1. The van der Waals surface area contributed by atoms with Gasteiger partial charge >= 0.3 is 0 Å². The molecule has 3 atom stereocenters. The Morgan fingerprint density at radius 1 is 0.741 bits per heavy atom. The first kappa shape index (κ1) is 15.8. The van der Waals surface area contributed by atoms with Gasteiger partial charge in [-0.2, -0.15) is 0 Å². The fourth-order valence-electron chi connectivity index (χ4n) is 3.79. The number of anilines is 2. The van der Waals surface area contributed by atoms with Gasteiger partial charge in [-0.05, 0) is 36.4 Å². The Hall–Kier alpha value is -3.38. The molecule has 6 nitrogen and oxygen atoms in total. The lowest BCUT2D eigenvalue weighted by molar-refractivity contribution is -0.126. The molecule has 0 aliphatic carbocycles. The number of imide groups is 1. The molecule has 0 radical (unpaired) electrons. The zero-order chi connectivity index (χ0) is 18.4. The molecular weight excluding hydrogens is 344 g/mol. The number of benzene rings is 2. The molecule has 0 N–H and O–H groups in total. The van der Waals surface area contributed by atoms with Crippen LogP contribution in [0, 0.1) is 5.92 Å². The molecule has 0 bridgehead atoms. The van der Waals surface area contributed by atoms with E-state index in [2.05, 4.69) is 0 Å². The van der Waals surface area contributed by atoms with Crippen LogP contribution in [-0.2, 0) is 14.4 Å². The zero-order valence-electron chi connectivity index (χ0n) is 14.3. The van der Waals surface area contributed by atoms with Crippen LogP contribution in [-0.4, -0.2) is 17.9 Å². The van der Waals surface area contributed by atoms with Crippen LogP contribution in [0.5, 0.6) is 0 Å². The van der Waals surface area contributed by atoms with Crippen molar-refractivity contribution in [1.29, 1.82) is 0 Å². The molecule has 6 heteroatoms. The highest BCUT2D eigenvalue weighted by molar-refractivity contribution is 6.23. The maximum absolute atomic E-state index is 13.2. The van der Waals surface area contributed by atoms with E-state index in [9.17, 15) is 9.59 Å². The number of furan rings is 1. The number of para-hydroxylation sites is 2. The van der Waals surface area contributed by atoms with Crippen LogP contribution in [0.1, 0.15) is 11.8 Å². The van der Waals surface area contributed by atoms with Crippen LogP contribution >= 0.6 is 0 Å². The van der Waals surface area contributed by atoms with Gasteiger partial charge in [0.2, 0.25) is 5.91 Å². The average molecular weight is 360 g/mol. The number of hydroxylamine groups is 1. The van der Waals surface area contributed by atoms with Crippen LogP contribution in [0.25, 0.3) is 0 Å². The quantitative estimate of drug-likeness (QED) is 0.671. The maximum Gasteiger partial charge on any atom is 0.266 e. The largest absolute Gasteiger partial charge is 0.467 e. The number of nitrogens with zero attached hydrogens (tertiary/aromatic N) is 2. The zero-order valence-corrected chi connectivity index (χ0v) is 14.3. The molecule has 0 unspecified atom stereocenters. The number of hydrogen-bond acceptors (Lipinski definition) is 5. The molecule has 0 spiro atoms. The minimum Gasteiger partial charge on any atom is -0.467 e. The highest BCUT2D eigenvalue weighted by Gasteiger charge is 2.61. The summed E-state index contributed by atoms with van der Waals surface area (Å²) in [5.74, 6) is -0.728. The third kappa shape index (κ3) is 2.38. The van der Waals surface area contributed by atoms with Crippen molar-refractivity contribution in [3.8, 4) is 0 Å². The first-order valence-corrected chi connectivity index (χ1v) is 8.73. The van der Waals surface area contributed by atoms with Crippen LogP contribution in [0.15, 0.2) is 83.5 Å². The van der Waals surface area contributed by atoms with E-state index in [-0.39, 0.29) is 11.8 Å². The predicted octanol–water partition coefficient (Wildman–Crippen LogP) is 3.33. The smallest absolute Gasteiger partial charge is 0.266 e. The van der Waals surface area contributed by atoms with Crippen molar-refractivity contribution in [2.75, 3.05) is 9.96 Å². The Labute approximate surface area is 155 Å². The molecule has 2 aromatic carbocycles. The van der Waals surface area contributed by atoms with Gasteiger partial charge in [0.05, 0.1) is 17.6 Å². The van der Waals surface area contributed by atoms with E-state index in [1.165, 1.54) is 4.90 Å². The number of rotatable bonds is 3. The average Bonchev–Trinajstić information content (AvgIpc) is 3.41. The van der Waals surface area contributed by atoms with Gasteiger partial charge in [-0.3, -0.25) is 14.4 Å². The summed E-state index contributed by atoms with van der Waals surface area (Å²) in [6, 6.07) is 21.4. The molecule has 27 heavy (non-hydrogen) atoms. The number of carbonyl (C=O) groups excluding carboxylic acids is 2. The Bertz CT molecular complexity index is 972. The third-order valence-electron chi connectivity index (χ3n) is 4.98. The second-order valence-electron chi connectivity index (χ2n) is 6.52. The summed E-state index contributed by atoms with van der Waals surface area (Å²) in [5, 5.41) is 1.62. The van der Waals surface area contributed by atoms with Crippen molar-refractivity contribution in [1.82, 2.24) is 0 Å². The minimum atomic E-state index is -0.881. The highest BCUT2D eigenvalue weighted by atomic mass is 16.7. The standard InChI is InChI=1S/C21H16N2O4/c24-20-17-18(16-12-7-13-26-16)23(15-10-5-2-6-11-15)27-19(17)21(25)22(20)14-8-3-1-4-9-14/h1-13,17-19H/t17-,18-,19-/m1/s1. The van der Waals surface area contributed by atoms with Crippen LogP contribution in [0.3, 0.4) is 0 Å². The molecule has 5 rings (SSSR count). The predicted molar refractivity (Wildman–Crippen MR) is 97.7 cm³/mol. The van der Waals surface area contributed by atoms with Gasteiger partial charge < -0.3 is 4.42 Å². The van der Waals surface area contributed by atoms with Crippen molar-refractivity contribution in [3.05, 3.63) is 84.8 Å². The van der Waals surface area contributed by atoms with E-state index in [1.54, 1.807) is 47.7 Å². The van der Waals surface area contributed by atoms with Gasteiger partial charge in [-0.15, -0.1) is 0 Å². The fourth-order valence-corrected chi connectivity index (χ4v) is 3.79. The lowest BCUT2D eigenvalue weighted by Gasteiger charge is -2.27. The van der Waals surface area contributed by atoms with Gasteiger partial charge in [0.1, 0.15) is 17.7 Å². The van der Waals surface area contributed by atoms with E-state index in [0.717, 1.165) is 5.69 Å². The summed E-state index contributed by atoms with van der Waals surface area (Å²) in [6.45, 7) is 0. The summed E-state index contributed by atoms with van der Waals surface area (Å²) in [4.78, 5) is 33.5. The molecule has 3 heterocycles. The van der Waals surface area contributed by atoms with Crippen molar-refractivity contribution in [2.24, 2.45) is 5.92 Å². The molecule has 2 aliphatic rings. The van der Waals surface area contributed by atoms with Crippen LogP contribution < -0.4 is 9.96 Å². The molecule has 0 saturated carbocycles. The van der Waals surface area contributed by atoms with Gasteiger partial charge in [0.15, 0.2) is 6.10 Å². The second kappa shape index (κ2) is 6.10. The van der Waals surface area contributed by atoms with E-state index in [0.29, 0.717) is 11.4 Å². The van der Waals surface area contributed by atoms with Crippen molar-refractivity contribution < 1.29 is 18.8 Å². The summed E-state index contributed by atoms with van der Waals surface area (Å²) in [5.41, 5.74) is 1.31. The van der Waals surface area contributed by atoms with E-state index in [1.807, 2.05) is 36.4 Å². The van der Waals surface area contributed by atoms with E-state index < -0.39 is 18.1 Å². The van der Waals surface area contributed by atoms with Crippen LogP contribution in [0.4, 0.5) is 11.4 Å². The second-order valence-corrected chi connectivity index (χ2v) is 6.52. The molecule has 134 valence electrons. The molecule has 2 fully saturated rings. The number of fused-ring (bicyclic) bond motifs is 1. The summed E-state index contributed by atoms with van der Waals surface area (Å²) in [7, 11) is 0. The normalized spacial score (nSPS) is 24.5. The maximum atomic E-state index is 13.2. The van der Waals surface area contributed by atoms with Gasteiger partial charge in [0.25, 0.3) is 5.91 Å². The molecular formula is C21H16N2O4. The van der Waals surface area contributed by atoms with Crippen molar-refractivity contribution >= 4 is 23.2 Å². The number of amides is 2. The first-order chi connectivity index (χ1) is 13.3. The monoisotopic (exact) mass is 360 g/mol. The van der Waals surface area contributed by atoms with Gasteiger partial charge in [-0.1, -0.05) is 36.4 Å². The van der Waals surface area contributed by atoms with Gasteiger partial charge in [-0.25, -0.2) is 9.96 Å². The third-order valence-corrected chi connectivity index (χ3v) is 4.98. The Kier molecular flexibility index (Phi) is 3.58. The van der Waals surface area contributed by atoms with Crippen molar-refractivity contribution in [3.63, 3.8) is 0 Å². The molecule has 3 aromatic rings. The molecule has 1 aromatic heterocycles. The Morgan fingerprint density at radius 3 is 2.04 bits per heavy atom. The Balaban J connectivity index is 1.58. The van der Waals surface area contributed by atoms with E-state index >= 15 is 0 Å². The minimum absolute atomic E-state index is 0.281. The fraction of sp³-hybridized carbons (Fsp3) is 0.143. The lowest BCUT2D eigenvalue weighted by atomic mass is 9.94. The Morgan fingerprint density at radius 2 is 1.41 bits per heavy atom. The summed E-state index contributed by atoms with van der Waals surface area (Å²) >= 11 is 0. The first-order valence-electron chi connectivity index (χ1n) is 8.73. The van der Waals surface area contributed by atoms with E-state index in [4.69, 9.17) is 9.25 Å². The number of hydrogen-bond donors (Lipinski definition) is 0. The summed E-state index contributed by atoms with van der Waals surface area (Å²) < 4.78 is 5.60. The summed E-state index contributed by atoms with van der Waals surface area (Å²) in [6.07, 6.45) is 0.676. The molecule has 2 aliphatic heterocycles.